The summed E-state index contributed by atoms with van der Waals surface area (Å²) in [6, 6.07) is 4.88. The fourth-order valence-electron chi connectivity index (χ4n) is 2.02. The molecule has 0 saturated carbocycles. The maximum atomic E-state index is 11.3. The topological polar surface area (TPSA) is 69.9 Å². The van der Waals surface area contributed by atoms with Gasteiger partial charge in [-0.05, 0) is 22.0 Å². The molecule has 0 amide bonds. The summed E-state index contributed by atoms with van der Waals surface area (Å²) in [5.74, 6) is 0.322. The predicted octanol–water partition coefficient (Wildman–Crippen LogP) is 2.96. The summed E-state index contributed by atoms with van der Waals surface area (Å²) in [4.78, 5) is 11.3. The van der Waals surface area contributed by atoms with E-state index in [1.807, 2.05) is 0 Å². The maximum absolute atomic E-state index is 11.3. The van der Waals surface area contributed by atoms with Gasteiger partial charge in [0, 0.05) is 22.8 Å². The van der Waals surface area contributed by atoms with Crippen LogP contribution in [0.4, 0.5) is 0 Å². The van der Waals surface area contributed by atoms with E-state index in [0.717, 1.165) is 0 Å². The first-order chi connectivity index (χ1) is 10.0. The molecule has 1 N–H and O–H groups in total. The van der Waals surface area contributed by atoms with E-state index in [9.17, 15) is 9.90 Å². The summed E-state index contributed by atoms with van der Waals surface area (Å²) in [6.07, 6.45) is 1.66. The lowest BCUT2D eigenvalue weighted by molar-refractivity contribution is 0.0688. The molecule has 1 aromatic heterocycles. The van der Waals surface area contributed by atoms with Crippen molar-refractivity contribution in [1.82, 2.24) is 4.57 Å². The van der Waals surface area contributed by atoms with Crippen molar-refractivity contribution in [2.75, 3.05) is 21.3 Å². The van der Waals surface area contributed by atoms with E-state index in [1.165, 1.54) is 32.0 Å². The molecule has 2 rings (SSSR count). The third-order valence-corrected chi connectivity index (χ3v) is 3.37. The molecule has 0 bridgehead atoms. The average molecular weight is 356 g/mol. The van der Waals surface area contributed by atoms with E-state index in [2.05, 4.69) is 15.9 Å². The fraction of sp³-hybridized carbons (Fsp3) is 0.214. The number of benzene rings is 1. The van der Waals surface area contributed by atoms with E-state index in [-0.39, 0.29) is 5.69 Å². The van der Waals surface area contributed by atoms with Gasteiger partial charge in [-0.2, -0.15) is 0 Å². The summed E-state index contributed by atoms with van der Waals surface area (Å²) < 4.78 is 18.0. The van der Waals surface area contributed by atoms with E-state index in [1.54, 1.807) is 18.3 Å². The lowest BCUT2D eigenvalue weighted by Gasteiger charge is -2.15. The molecule has 0 spiro atoms. The molecule has 0 aliphatic carbocycles. The molecule has 21 heavy (non-hydrogen) atoms. The van der Waals surface area contributed by atoms with Gasteiger partial charge in [-0.3, -0.25) is 0 Å². The van der Waals surface area contributed by atoms with E-state index >= 15 is 0 Å². The predicted molar refractivity (Wildman–Crippen MR) is 80.1 cm³/mol. The molecule has 112 valence electrons. The first kappa shape index (κ1) is 15.2. The van der Waals surface area contributed by atoms with Gasteiger partial charge in [-0.15, -0.1) is 0 Å². The molecule has 1 heterocycles. The Morgan fingerprint density at radius 1 is 1.10 bits per heavy atom. The van der Waals surface area contributed by atoms with Gasteiger partial charge in [0.15, 0.2) is 11.5 Å². The largest absolute Gasteiger partial charge is 0.493 e. The second-order valence-corrected chi connectivity index (χ2v) is 5.02. The Hall–Kier alpha value is -2.15. The van der Waals surface area contributed by atoms with Crippen molar-refractivity contribution in [2.45, 2.75) is 0 Å². The number of carbonyl (C=O) groups is 1. The minimum atomic E-state index is -1.03. The second-order valence-electron chi connectivity index (χ2n) is 4.10. The third-order valence-electron chi connectivity index (χ3n) is 2.93. The Morgan fingerprint density at radius 3 is 2.10 bits per heavy atom. The third kappa shape index (κ3) is 2.82. The number of aromatic nitrogens is 1. The molecule has 0 fully saturated rings. The van der Waals surface area contributed by atoms with Gasteiger partial charge in [0.2, 0.25) is 5.75 Å². The van der Waals surface area contributed by atoms with E-state index in [0.29, 0.717) is 27.4 Å². The van der Waals surface area contributed by atoms with Crippen LogP contribution in [0.5, 0.6) is 17.2 Å². The molecular weight excluding hydrogens is 342 g/mol. The van der Waals surface area contributed by atoms with Crippen LogP contribution in [-0.2, 0) is 0 Å². The first-order valence-corrected chi connectivity index (χ1v) is 6.72. The van der Waals surface area contributed by atoms with Crippen LogP contribution >= 0.6 is 15.9 Å². The van der Waals surface area contributed by atoms with Crippen molar-refractivity contribution < 1.29 is 24.1 Å². The maximum Gasteiger partial charge on any atom is 0.352 e. The van der Waals surface area contributed by atoms with Crippen LogP contribution in [0.1, 0.15) is 10.5 Å². The molecule has 6 nitrogen and oxygen atoms in total. The highest BCUT2D eigenvalue weighted by molar-refractivity contribution is 9.10. The van der Waals surface area contributed by atoms with Crippen LogP contribution < -0.4 is 14.2 Å². The van der Waals surface area contributed by atoms with Crippen molar-refractivity contribution >= 4 is 21.9 Å². The first-order valence-electron chi connectivity index (χ1n) is 5.93. The van der Waals surface area contributed by atoms with Crippen molar-refractivity contribution in [3.8, 4) is 22.9 Å². The number of carboxylic acid groups (broad SMARTS) is 1. The number of carboxylic acids is 1. The lowest BCUT2D eigenvalue weighted by Crippen LogP contribution is -2.06. The zero-order valence-corrected chi connectivity index (χ0v) is 13.3. The Labute approximate surface area is 130 Å². The molecule has 2 aromatic rings. The molecule has 0 atom stereocenters. The van der Waals surface area contributed by atoms with Gasteiger partial charge in [-0.1, -0.05) is 0 Å². The Kier molecular flexibility index (Phi) is 4.42. The van der Waals surface area contributed by atoms with Crippen LogP contribution in [0.2, 0.25) is 0 Å². The van der Waals surface area contributed by atoms with Gasteiger partial charge in [0.1, 0.15) is 5.69 Å². The number of hydrogen-bond donors (Lipinski definition) is 1. The minimum Gasteiger partial charge on any atom is -0.493 e. The molecule has 0 unspecified atom stereocenters. The number of rotatable bonds is 5. The molecule has 0 radical (unpaired) electrons. The minimum absolute atomic E-state index is 0.121. The molecular formula is C14H14BrNO5. The highest BCUT2D eigenvalue weighted by Gasteiger charge is 2.18. The van der Waals surface area contributed by atoms with Gasteiger partial charge in [0.25, 0.3) is 0 Å². The Balaban J connectivity index is 2.67. The van der Waals surface area contributed by atoms with Crippen molar-refractivity contribution in [3.63, 3.8) is 0 Å². The van der Waals surface area contributed by atoms with Crippen LogP contribution in [0, 0.1) is 0 Å². The standard InChI is InChI=1S/C14H14BrNO5/c1-19-11-5-9(6-12(20-2)13(11)21-3)16-7-8(15)4-10(16)14(17)18/h4-7H,1-3H3,(H,17,18). The average Bonchev–Trinajstić information content (AvgIpc) is 2.87. The van der Waals surface area contributed by atoms with E-state index < -0.39 is 5.97 Å². The fourth-order valence-corrected chi connectivity index (χ4v) is 2.44. The quantitative estimate of drug-likeness (QED) is 0.892. The van der Waals surface area contributed by atoms with Crippen LogP contribution in [0.25, 0.3) is 5.69 Å². The molecule has 0 aliphatic heterocycles. The number of hydrogen-bond acceptors (Lipinski definition) is 4. The summed E-state index contributed by atoms with van der Waals surface area (Å²) >= 11 is 3.28. The Bertz CT molecular complexity index is 655. The smallest absolute Gasteiger partial charge is 0.352 e. The molecule has 7 heteroatoms. The highest BCUT2D eigenvalue weighted by Crippen LogP contribution is 2.39. The van der Waals surface area contributed by atoms with E-state index in [4.69, 9.17) is 14.2 Å². The van der Waals surface area contributed by atoms with Crippen molar-refractivity contribution in [3.05, 3.63) is 34.6 Å². The SMILES string of the molecule is COc1cc(-n2cc(Br)cc2C(=O)O)cc(OC)c1OC. The second kappa shape index (κ2) is 6.09. The highest BCUT2D eigenvalue weighted by atomic mass is 79.9. The summed E-state index contributed by atoms with van der Waals surface area (Å²) in [5, 5.41) is 9.27. The molecule has 1 aromatic carbocycles. The van der Waals surface area contributed by atoms with Gasteiger partial charge in [0.05, 0.1) is 27.0 Å². The monoisotopic (exact) mass is 355 g/mol. The van der Waals surface area contributed by atoms with Gasteiger partial charge >= 0.3 is 5.97 Å². The summed E-state index contributed by atoms with van der Waals surface area (Å²) in [6.45, 7) is 0. The number of halogens is 1. The molecule has 0 saturated heterocycles. The van der Waals surface area contributed by atoms with Crippen molar-refractivity contribution in [2.24, 2.45) is 0 Å². The lowest BCUT2D eigenvalue weighted by atomic mass is 10.2. The summed E-state index contributed by atoms with van der Waals surface area (Å²) in [5.41, 5.74) is 0.712. The van der Waals surface area contributed by atoms with Crippen molar-refractivity contribution in [1.29, 1.82) is 0 Å². The van der Waals surface area contributed by atoms with Crippen LogP contribution in [0.15, 0.2) is 28.9 Å². The summed E-state index contributed by atoms with van der Waals surface area (Å²) in [7, 11) is 4.52. The normalized spacial score (nSPS) is 10.3. The van der Waals surface area contributed by atoms with Crippen LogP contribution in [0.3, 0.4) is 0 Å². The molecule has 0 aliphatic rings. The number of ether oxygens (including phenoxy) is 3. The number of aromatic carboxylic acids is 1. The number of nitrogens with zero attached hydrogens (tertiary/aromatic N) is 1. The Morgan fingerprint density at radius 2 is 1.67 bits per heavy atom. The number of methoxy groups -OCH3 is 3. The zero-order chi connectivity index (χ0) is 15.6. The zero-order valence-electron chi connectivity index (χ0n) is 11.7. The van der Waals surface area contributed by atoms with Gasteiger partial charge < -0.3 is 23.9 Å². The van der Waals surface area contributed by atoms with Gasteiger partial charge in [-0.25, -0.2) is 4.79 Å². The van der Waals surface area contributed by atoms with Crippen LogP contribution in [-0.4, -0.2) is 37.0 Å².